The van der Waals surface area contributed by atoms with Gasteiger partial charge in [-0.15, -0.1) is 11.3 Å². The Morgan fingerprint density at radius 2 is 2.07 bits per heavy atom. The predicted molar refractivity (Wildman–Crippen MR) is 113 cm³/mol. The third-order valence-corrected chi connectivity index (χ3v) is 7.48. The van der Waals surface area contributed by atoms with E-state index in [2.05, 4.69) is 10.3 Å². The van der Waals surface area contributed by atoms with Crippen molar-refractivity contribution in [2.45, 2.75) is 19.4 Å². The summed E-state index contributed by atoms with van der Waals surface area (Å²) in [6.07, 6.45) is 2.20. The Balaban J connectivity index is 1.30. The van der Waals surface area contributed by atoms with Crippen LogP contribution in [0, 0.1) is 0 Å². The molecule has 0 aliphatic carbocycles. The molecule has 8 nitrogen and oxygen atoms in total. The van der Waals surface area contributed by atoms with E-state index in [-0.39, 0.29) is 36.7 Å². The van der Waals surface area contributed by atoms with Crippen LogP contribution in [0.4, 0.5) is 5.69 Å². The molecule has 1 aliphatic rings. The van der Waals surface area contributed by atoms with Crippen LogP contribution in [0.2, 0.25) is 0 Å². The van der Waals surface area contributed by atoms with Crippen LogP contribution in [-0.4, -0.2) is 42.7 Å². The Morgan fingerprint density at radius 1 is 1.24 bits per heavy atom. The van der Waals surface area contributed by atoms with Gasteiger partial charge in [0.25, 0.3) is 5.56 Å². The molecule has 1 aliphatic heterocycles. The highest BCUT2D eigenvalue weighted by Crippen LogP contribution is 2.29. The minimum atomic E-state index is -3.51. The Kier molecular flexibility index (Phi) is 5.37. The minimum absolute atomic E-state index is 0.0244. The maximum atomic E-state index is 12.6. The smallest absolute Gasteiger partial charge is 0.262 e. The van der Waals surface area contributed by atoms with Crippen LogP contribution >= 0.6 is 11.3 Å². The molecule has 0 radical (unpaired) electrons. The summed E-state index contributed by atoms with van der Waals surface area (Å²) in [6, 6.07) is 9.16. The van der Waals surface area contributed by atoms with Gasteiger partial charge in [-0.2, -0.15) is 0 Å². The van der Waals surface area contributed by atoms with Gasteiger partial charge in [0.1, 0.15) is 4.83 Å². The fourth-order valence-electron chi connectivity index (χ4n) is 3.39. The number of para-hydroxylation sites is 1. The van der Waals surface area contributed by atoms with Crippen LogP contribution in [0.3, 0.4) is 0 Å². The molecule has 1 N–H and O–H groups in total. The molecule has 152 valence electrons. The van der Waals surface area contributed by atoms with Gasteiger partial charge in [-0.1, -0.05) is 18.2 Å². The molecule has 10 heteroatoms. The molecular weight excluding hydrogens is 412 g/mol. The molecule has 0 fully saturated rings. The summed E-state index contributed by atoms with van der Waals surface area (Å²) in [5, 5.41) is 4.97. The molecule has 4 rings (SSSR count). The quantitative estimate of drug-likeness (QED) is 0.607. The fourth-order valence-corrected chi connectivity index (χ4v) is 5.54. The number of hydrogen-bond acceptors (Lipinski definition) is 6. The number of fused-ring (bicyclic) bond motifs is 2. The van der Waals surface area contributed by atoms with E-state index in [1.807, 2.05) is 18.2 Å². The molecule has 3 aromatic rings. The van der Waals surface area contributed by atoms with E-state index in [0.29, 0.717) is 23.2 Å². The predicted octanol–water partition coefficient (Wildman–Crippen LogP) is 1.36. The number of thiophene rings is 1. The summed E-state index contributed by atoms with van der Waals surface area (Å²) in [4.78, 5) is 29.3. The minimum Gasteiger partial charge on any atom is -0.355 e. The van der Waals surface area contributed by atoms with Gasteiger partial charge in [-0.3, -0.25) is 18.5 Å². The lowest BCUT2D eigenvalue weighted by atomic mass is 10.2. The average Bonchev–Trinajstić information content (AvgIpc) is 3.35. The van der Waals surface area contributed by atoms with E-state index < -0.39 is 10.0 Å². The number of anilines is 1. The lowest BCUT2D eigenvalue weighted by Crippen LogP contribution is -2.37. The monoisotopic (exact) mass is 432 g/mol. The summed E-state index contributed by atoms with van der Waals surface area (Å²) in [7, 11) is -3.51. The number of benzene rings is 1. The van der Waals surface area contributed by atoms with E-state index in [1.54, 1.807) is 17.5 Å². The zero-order valence-electron chi connectivity index (χ0n) is 15.6. The molecule has 3 heterocycles. The highest BCUT2D eigenvalue weighted by molar-refractivity contribution is 7.92. The van der Waals surface area contributed by atoms with E-state index in [4.69, 9.17) is 0 Å². The SMILES string of the molecule is O=C(CCn1cnc2sccc2c1=O)NCCS(=O)(=O)N1CCc2ccccc21. The standard InChI is InChI=1S/C19H20N4O4S2/c24-17(6-9-22-13-21-18-15(19(22)25)7-11-28-18)20-8-12-29(26,27)23-10-5-14-3-1-2-4-16(14)23/h1-4,7,11,13H,5-6,8-10,12H2,(H,20,24). The zero-order chi connectivity index (χ0) is 20.4. The first-order valence-corrected chi connectivity index (χ1v) is 11.7. The summed E-state index contributed by atoms with van der Waals surface area (Å²) < 4.78 is 28.1. The van der Waals surface area contributed by atoms with Gasteiger partial charge in [0.05, 0.1) is 23.2 Å². The summed E-state index contributed by atoms with van der Waals surface area (Å²) >= 11 is 1.39. The number of sulfonamides is 1. The van der Waals surface area contributed by atoms with Crippen molar-refractivity contribution in [2.75, 3.05) is 23.1 Å². The molecule has 2 aromatic heterocycles. The first kappa shape index (κ1) is 19.6. The average molecular weight is 433 g/mol. The van der Waals surface area contributed by atoms with Gasteiger partial charge < -0.3 is 5.32 Å². The van der Waals surface area contributed by atoms with Crippen molar-refractivity contribution in [3.63, 3.8) is 0 Å². The van der Waals surface area contributed by atoms with Crippen molar-refractivity contribution in [2.24, 2.45) is 0 Å². The maximum Gasteiger partial charge on any atom is 0.262 e. The second kappa shape index (κ2) is 7.96. The molecule has 0 unspecified atom stereocenters. The van der Waals surface area contributed by atoms with Crippen LogP contribution < -0.4 is 15.2 Å². The number of amides is 1. The second-order valence-corrected chi connectivity index (χ2v) is 9.66. The van der Waals surface area contributed by atoms with Crippen molar-refractivity contribution >= 4 is 43.2 Å². The van der Waals surface area contributed by atoms with Crippen molar-refractivity contribution in [3.05, 3.63) is 58.0 Å². The van der Waals surface area contributed by atoms with Crippen LogP contribution in [0.5, 0.6) is 0 Å². The molecule has 1 amide bonds. The van der Waals surface area contributed by atoms with Crippen molar-refractivity contribution < 1.29 is 13.2 Å². The van der Waals surface area contributed by atoms with Crippen LogP contribution in [0.1, 0.15) is 12.0 Å². The number of nitrogens with one attached hydrogen (secondary N) is 1. The van der Waals surface area contributed by atoms with Crippen LogP contribution in [0.15, 0.2) is 46.8 Å². The number of aryl methyl sites for hydroxylation is 1. The third kappa shape index (κ3) is 4.03. The molecule has 0 saturated carbocycles. The number of carbonyl (C=O) groups excluding carboxylic acids is 1. The fraction of sp³-hybridized carbons (Fsp3) is 0.316. The lowest BCUT2D eigenvalue weighted by molar-refractivity contribution is -0.121. The number of rotatable bonds is 7. The largest absolute Gasteiger partial charge is 0.355 e. The highest BCUT2D eigenvalue weighted by atomic mass is 32.2. The second-order valence-electron chi connectivity index (χ2n) is 6.75. The van der Waals surface area contributed by atoms with Gasteiger partial charge in [0.2, 0.25) is 15.9 Å². The van der Waals surface area contributed by atoms with E-state index in [0.717, 1.165) is 11.3 Å². The molecule has 0 saturated heterocycles. The first-order valence-electron chi connectivity index (χ1n) is 9.23. The van der Waals surface area contributed by atoms with Crippen molar-refractivity contribution in [3.8, 4) is 0 Å². The topological polar surface area (TPSA) is 101 Å². The van der Waals surface area contributed by atoms with Gasteiger partial charge >= 0.3 is 0 Å². The number of aromatic nitrogens is 2. The highest BCUT2D eigenvalue weighted by Gasteiger charge is 2.28. The molecule has 0 bridgehead atoms. The number of hydrogen-bond donors (Lipinski definition) is 1. The van der Waals surface area contributed by atoms with E-state index in [1.165, 1.54) is 26.5 Å². The Morgan fingerprint density at radius 3 is 2.93 bits per heavy atom. The number of nitrogens with zero attached hydrogens (tertiary/aromatic N) is 3. The molecule has 29 heavy (non-hydrogen) atoms. The number of carbonyl (C=O) groups is 1. The summed E-state index contributed by atoms with van der Waals surface area (Å²) in [6.45, 7) is 0.642. The van der Waals surface area contributed by atoms with Gasteiger partial charge in [-0.25, -0.2) is 13.4 Å². The zero-order valence-corrected chi connectivity index (χ0v) is 17.2. The molecular formula is C19H20N4O4S2. The summed E-state index contributed by atoms with van der Waals surface area (Å²) in [5.74, 6) is -0.477. The Bertz CT molecular complexity index is 1220. The lowest BCUT2D eigenvalue weighted by Gasteiger charge is -2.19. The first-order chi connectivity index (χ1) is 14.0. The molecule has 0 spiro atoms. The Hall–Kier alpha value is -2.72. The van der Waals surface area contributed by atoms with E-state index >= 15 is 0 Å². The normalized spacial score (nSPS) is 13.6. The van der Waals surface area contributed by atoms with Gasteiger partial charge in [0, 0.05) is 26.1 Å². The van der Waals surface area contributed by atoms with Crippen molar-refractivity contribution in [1.82, 2.24) is 14.9 Å². The van der Waals surface area contributed by atoms with Crippen LogP contribution in [-0.2, 0) is 27.8 Å². The van der Waals surface area contributed by atoms with E-state index in [9.17, 15) is 18.0 Å². The summed E-state index contributed by atoms with van der Waals surface area (Å²) in [5.41, 5.74) is 1.55. The van der Waals surface area contributed by atoms with Gasteiger partial charge in [0.15, 0.2) is 0 Å². The Labute approximate surface area is 171 Å². The molecule has 1 aromatic carbocycles. The molecule has 0 atom stereocenters. The van der Waals surface area contributed by atoms with Crippen molar-refractivity contribution in [1.29, 1.82) is 0 Å². The third-order valence-electron chi connectivity index (χ3n) is 4.89. The maximum absolute atomic E-state index is 12.6. The van der Waals surface area contributed by atoms with Gasteiger partial charge in [-0.05, 0) is 29.5 Å². The van der Waals surface area contributed by atoms with Crippen LogP contribution in [0.25, 0.3) is 10.2 Å².